The van der Waals surface area contributed by atoms with Crippen LogP contribution in [0, 0.1) is 0 Å². The topological polar surface area (TPSA) is 81.2 Å². The first-order valence-corrected chi connectivity index (χ1v) is 10.6. The quantitative estimate of drug-likeness (QED) is 0.503. The van der Waals surface area contributed by atoms with E-state index in [1.165, 1.54) is 18.4 Å². The zero-order valence-corrected chi connectivity index (χ0v) is 19.6. The van der Waals surface area contributed by atoms with Gasteiger partial charge in [0.25, 0.3) is 5.91 Å². The lowest BCUT2D eigenvalue weighted by Gasteiger charge is -2.22. The van der Waals surface area contributed by atoms with Crippen molar-refractivity contribution < 1.29 is 23.8 Å². The number of esters is 1. The molecule has 1 aromatic heterocycles. The largest absolute Gasteiger partial charge is 0.486 e. The number of benzene rings is 2. The van der Waals surface area contributed by atoms with E-state index in [1.807, 2.05) is 31.1 Å². The van der Waals surface area contributed by atoms with Crippen molar-refractivity contribution in [1.82, 2.24) is 9.88 Å². The van der Waals surface area contributed by atoms with Crippen molar-refractivity contribution in [3.05, 3.63) is 47.5 Å². The second-order valence-electron chi connectivity index (χ2n) is 7.29. The summed E-state index contributed by atoms with van der Waals surface area (Å²) in [4.78, 5) is 33.4. The number of carbonyl (C=O) groups is 2. The number of methoxy groups -OCH3 is 1. The fourth-order valence-corrected chi connectivity index (χ4v) is 4.18. The number of hydrogen-bond donors (Lipinski definition) is 0. The summed E-state index contributed by atoms with van der Waals surface area (Å²) < 4.78 is 17.0. The molecule has 0 radical (unpaired) electrons. The summed E-state index contributed by atoms with van der Waals surface area (Å²) in [7, 11) is 5.23. The molecule has 0 fully saturated rings. The molecule has 0 spiro atoms. The molecule has 4 rings (SSSR count). The van der Waals surface area contributed by atoms with E-state index in [2.05, 4.69) is 0 Å². The minimum atomic E-state index is -0.442. The van der Waals surface area contributed by atoms with Gasteiger partial charge in [0.15, 0.2) is 16.6 Å². The van der Waals surface area contributed by atoms with E-state index < -0.39 is 5.97 Å². The van der Waals surface area contributed by atoms with Crippen LogP contribution in [0.4, 0.5) is 5.13 Å². The first-order valence-electron chi connectivity index (χ1n) is 9.81. The Bertz CT molecular complexity index is 1070. The number of nitrogens with zero attached hydrogens (tertiary/aromatic N) is 3. The summed E-state index contributed by atoms with van der Waals surface area (Å²) in [5, 5.41) is 0.598. The number of amides is 1. The molecule has 0 N–H and O–H groups in total. The van der Waals surface area contributed by atoms with E-state index in [0.29, 0.717) is 54.1 Å². The molecule has 0 atom stereocenters. The van der Waals surface area contributed by atoms with Gasteiger partial charge in [0.2, 0.25) is 0 Å². The Morgan fingerprint density at radius 3 is 2.28 bits per heavy atom. The first-order chi connectivity index (χ1) is 15.0. The van der Waals surface area contributed by atoms with Crippen LogP contribution < -0.4 is 14.4 Å². The lowest BCUT2D eigenvalue weighted by molar-refractivity contribution is 0.0600. The number of fused-ring (bicyclic) bond motifs is 2. The van der Waals surface area contributed by atoms with Crippen molar-refractivity contribution in [3.8, 4) is 11.5 Å². The maximum atomic E-state index is 13.4. The Labute approximate surface area is 196 Å². The first kappa shape index (κ1) is 23.8. The highest BCUT2D eigenvalue weighted by molar-refractivity contribution is 7.22. The minimum absolute atomic E-state index is 0. The van der Waals surface area contributed by atoms with Gasteiger partial charge >= 0.3 is 5.97 Å². The summed E-state index contributed by atoms with van der Waals surface area (Å²) >= 11 is 1.43. The molecule has 10 heteroatoms. The third kappa shape index (κ3) is 4.95. The van der Waals surface area contributed by atoms with Crippen LogP contribution >= 0.6 is 23.7 Å². The number of anilines is 1. The Kier molecular flexibility index (Phi) is 7.55. The van der Waals surface area contributed by atoms with Crippen LogP contribution in [-0.2, 0) is 4.74 Å². The molecular weight excluding hydrogens is 454 g/mol. The van der Waals surface area contributed by atoms with Gasteiger partial charge in [-0.3, -0.25) is 9.69 Å². The summed E-state index contributed by atoms with van der Waals surface area (Å²) in [6, 6.07) is 10.2. The van der Waals surface area contributed by atoms with E-state index in [1.54, 1.807) is 29.2 Å². The van der Waals surface area contributed by atoms with Crippen LogP contribution in [0.1, 0.15) is 20.7 Å². The lowest BCUT2D eigenvalue weighted by atomic mass is 10.1. The maximum absolute atomic E-state index is 13.4. The molecule has 3 aromatic rings. The number of aromatic nitrogens is 1. The molecule has 1 amide bonds. The van der Waals surface area contributed by atoms with Crippen LogP contribution in [0.2, 0.25) is 0 Å². The second kappa shape index (κ2) is 10.2. The molecule has 8 nitrogen and oxygen atoms in total. The van der Waals surface area contributed by atoms with Gasteiger partial charge in [0, 0.05) is 30.8 Å². The van der Waals surface area contributed by atoms with E-state index in [9.17, 15) is 9.59 Å². The average molecular weight is 478 g/mol. The maximum Gasteiger partial charge on any atom is 0.337 e. The van der Waals surface area contributed by atoms with E-state index >= 15 is 0 Å². The van der Waals surface area contributed by atoms with Crippen LogP contribution in [0.25, 0.3) is 10.2 Å². The van der Waals surface area contributed by atoms with Gasteiger partial charge in [0.05, 0.1) is 22.9 Å². The Hall–Kier alpha value is -2.88. The molecule has 0 aliphatic carbocycles. The van der Waals surface area contributed by atoms with E-state index in [4.69, 9.17) is 19.2 Å². The summed E-state index contributed by atoms with van der Waals surface area (Å²) in [5.74, 6) is 0.733. The number of ether oxygens (including phenoxy) is 3. The molecule has 1 aliphatic rings. The van der Waals surface area contributed by atoms with Crippen LogP contribution in [0.3, 0.4) is 0 Å². The van der Waals surface area contributed by atoms with Gasteiger partial charge < -0.3 is 19.1 Å². The average Bonchev–Trinajstić information content (AvgIpc) is 3.19. The summed E-state index contributed by atoms with van der Waals surface area (Å²) in [6.07, 6.45) is 0. The van der Waals surface area contributed by atoms with Gasteiger partial charge in [-0.25, -0.2) is 9.78 Å². The molecule has 0 saturated carbocycles. The highest BCUT2D eigenvalue weighted by atomic mass is 35.5. The predicted octanol–water partition coefficient (Wildman–Crippen LogP) is 3.48. The van der Waals surface area contributed by atoms with Crippen molar-refractivity contribution in [2.24, 2.45) is 0 Å². The SMILES string of the molecule is COC(=O)c1ccc(C(=O)N(CCN(C)C)c2nc3cc4c(cc3s2)OCCO4)cc1.Cl. The molecule has 0 bridgehead atoms. The highest BCUT2D eigenvalue weighted by Crippen LogP contribution is 2.39. The Morgan fingerprint density at radius 1 is 1.03 bits per heavy atom. The molecule has 170 valence electrons. The van der Waals surface area contributed by atoms with Crippen molar-refractivity contribution >= 4 is 51.0 Å². The van der Waals surface area contributed by atoms with Crippen LogP contribution in [0.15, 0.2) is 36.4 Å². The van der Waals surface area contributed by atoms with Crippen molar-refractivity contribution in [2.45, 2.75) is 0 Å². The molecule has 0 unspecified atom stereocenters. The third-order valence-corrected chi connectivity index (χ3v) is 5.88. The second-order valence-corrected chi connectivity index (χ2v) is 8.30. The normalized spacial score (nSPS) is 12.4. The third-order valence-electron chi connectivity index (χ3n) is 4.84. The number of halogens is 1. The number of hydrogen-bond acceptors (Lipinski definition) is 8. The molecular formula is C22H24ClN3O5S. The predicted molar refractivity (Wildman–Crippen MR) is 126 cm³/mol. The molecule has 1 aliphatic heterocycles. The molecule has 2 aromatic carbocycles. The smallest absolute Gasteiger partial charge is 0.337 e. The van der Waals surface area contributed by atoms with Crippen molar-refractivity contribution in [3.63, 3.8) is 0 Å². The summed E-state index contributed by atoms with van der Waals surface area (Å²) in [6.45, 7) is 2.16. The van der Waals surface area contributed by atoms with Crippen LogP contribution in [-0.4, -0.2) is 69.3 Å². The van der Waals surface area contributed by atoms with Crippen molar-refractivity contribution in [1.29, 1.82) is 0 Å². The van der Waals surface area contributed by atoms with Gasteiger partial charge in [-0.15, -0.1) is 12.4 Å². The zero-order valence-electron chi connectivity index (χ0n) is 18.0. The fraction of sp³-hybridized carbons (Fsp3) is 0.318. The highest BCUT2D eigenvalue weighted by Gasteiger charge is 2.23. The summed E-state index contributed by atoms with van der Waals surface area (Å²) in [5.41, 5.74) is 1.62. The van der Waals surface area contributed by atoms with Gasteiger partial charge in [-0.1, -0.05) is 11.3 Å². The van der Waals surface area contributed by atoms with Gasteiger partial charge in [0.1, 0.15) is 13.2 Å². The van der Waals surface area contributed by atoms with Gasteiger partial charge in [-0.05, 0) is 38.4 Å². The lowest BCUT2D eigenvalue weighted by Crippen LogP contribution is -2.36. The number of thiazole rings is 1. The number of carbonyl (C=O) groups excluding carboxylic acids is 2. The number of likely N-dealkylation sites (N-methyl/N-ethyl adjacent to an activating group) is 1. The van der Waals surface area contributed by atoms with E-state index in [-0.39, 0.29) is 18.3 Å². The molecule has 0 saturated heterocycles. The molecule has 32 heavy (non-hydrogen) atoms. The number of rotatable bonds is 6. The Morgan fingerprint density at radius 2 is 1.66 bits per heavy atom. The van der Waals surface area contributed by atoms with Gasteiger partial charge in [-0.2, -0.15) is 0 Å². The Balaban J connectivity index is 0.00000289. The van der Waals surface area contributed by atoms with E-state index in [0.717, 1.165) is 10.2 Å². The minimum Gasteiger partial charge on any atom is -0.486 e. The molecule has 2 heterocycles. The van der Waals surface area contributed by atoms with Crippen molar-refractivity contribution in [2.75, 3.05) is 52.4 Å². The van der Waals surface area contributed by atoms with Crippen LogP contribution in [0.5, 0.6) is 11.5 Å². The monoisotopic (exact) mass is 477 g/mol. The standard InChI is InChI=1S/C22H23N3O5S.ClH/c1-24(2)8-9-25(20(26)14-4-6-15(7-5-14)21(27)28-3)22-23-16-12-17-18(13-19(16)31-22)30-11-10-29-17;/h4-7,12-13H,8-11H2,1-3H3;1H. The zero-order chi connectivity index (χ0) is 22.0. The fourth-order valence-electron chi connectivity index (χ4n) is 3.17.